The first-order valence-corrected chi connectivity index (χ1v) is 10.2. The van der Waals surface area contributed by atoms with E-state index in [-0.39, 0.29) is 17.4 Å². The predicted octanol–water partition coefficient (Wildman–Crippen LogP) is 2.92. The highest BCUT2D eigenvalue weighted by Gasteiger charge is 2.36. The minimum atomic E-state index is -0.676. The largest absolute Gasteiger partial charge is 0.495 e. The highest BCUT2D eigenvalue weighted by atomic mass is 32.2. The Morgan fingerprint density at radius 1 is 1.06 bits per heavy atom. The van der Waals surface area contributed by atoms with Gasteiger partial charge in [0, 0.05) is 0 Å². The fourth-order valence-electron chi connectivity index (χ4n) is 2.72. The summed E-state index contributed by atoms with van der Waals surface area (Å²) in [6.07, 6.45) is 1.54. The molecule has 1 aliphatic rings. The van der Waals surface area contributed by atoms with Crippen LogP contribution in [0.25, 0.3) is 6.08 Å². The third-order valence-electron chi connectivity index (χ3n) is 4.32. The number of carbonyl (C=O) groups is 4. The van der Waals surface area contributed by atoms with Gasteiger partial charge >= 0.3 is 5.97 Å². The minimum absolute atomic E-state index is 0.198. The summed E-state index contributed by atoms with van der Waals surface area (Å²) in [6.45, 7) is -0.633. The molecule has 0 saturated carbocycles. The molecule has 0 spiro atoms. The lowest BCUT2D eigenvalue weighted by atomic mass is 10.2. The van der Waals surface area contributed by atoms with Crippen molar-refractivity contribution in [3.63, 3.8) is 0 Å². The Balaban J connectivity index is 1.57. The van der Waals surface area contributed by atoms with E-state index in [1.807, 2.05) is 0 Å². The molecule has 1 aliphatic heterocycles. The first kappa shape index (κ1) is 22.9. The fraction of sp³-hybridized carbons (Fsp3) is 0.182. The Kier molecular flexibility index (Phi) is 7.50. The number of anilines is 1. The number of ether oxygens (including phenoxy) is 3. The van der Waals surface area contributed by atoms with Crippen molar-refractivity contribution < 1.29 is 33.4 Å². The molecule has 0 aliphatic carbocycles. The van der Waals surface area contributed by atoms with Gasteiger partial charge in [0.25, 0.3) is 17.1 Å². The van der Waals surface area contributed by atoms with Crippen molar-refractivity contribution in [2.45, 2.75) is 0 Å². The molecule has 0 atom stereocenters. The Hall–Kier alpha value is -3.79. The van der Waals surface area contributed by atoms with Crippen LogP contribution >= 0.6 is 11.8 Å². The second kappa shape index (κ2) is 10.5. The number of rotatable bonds is 8. The van der Waals surface area contributed by atoms with Crippen LogP contribution in [0.3, 0.4) is 0 Å². The molecule has 166 valence electrons. The second-order valence-electron chi connectivity index (χ2n) is 6.45. The molecule has 2 aromatic carbocycles. The normalized spacial score (nSPS) is 14.4. The number of hydrogen-bond acceptors (Lipinski definition) is 8. The van der Waals surface area contributed by atoms with Gasteiger partial charge < -0.3 is 19.5 Å². The first-order valence-electron chi connectivity index (χ1n) is 9.39. The van der Waals surface area contributed by atoms with Crippen molar-refractivity contribution in [3.8, 4) is 11.5 Å². The lowest BCUT2D eigenvalue weighted by molar-refractivity contribution is -0.143. The maximum atomic E-state index is 12.3. The van der Waals surface area contributed by atoms with Crippen LogP contribution in [0.1, 0.15) is 5.56 Å². The molecule has 1 heterocycles. The van der Waals surface area contributed by atoms with Crippen molar-refractivity contribution in [1.82, 2.24) is 4.90 Å². The third-order valence-corrected chi connectivity index (χ3v) is 5.22. The number of benzene rings is 2. The van der Waals surface area contributed by atoms with Crippen molar-refractivity contribution in [2.24, 2.45) is 0 Å². The van der Waals surface area contributed by atoms with Crippen LogP contribution in [0.5, 0.6) is 11.5 Å². The van der Waals surface area contributed by atoms with Crippen molar-refractivity contribution in [3.05, 3.63) is 59.0 Å². The van der Waals surface area contributed by atoms with Crippen LogP contribution in [0.2, 0.25) is 0 Å². The quantitative estimate of drug-likeness (QED) is 0.477. The lowest BCUT2D eigenvalue weighted by Gasteiger charge is -2.10. The van der Waals surface area contributed by atoms with Gasteiger partial charge in [-0.2, -0.15) is 0 Å². The van der Waals surface area contributed by atoms with E-state index >= 15 is 0 Å². The van der Waals surface area contributed by atoms with Crippen LogP contribution in [0, 0.1) is 0 Å². The number of amides is 3. The molecule has 3 amide bonds. The molecule has 9 nitrogen and oxygen atoms in total. The maximum absolute atomic E-state index is 12.3. The van der Waals surface area contributed by atoms with Gasteiger partial charge in [-0.15, -0.1) is 0 Å². The second-order valence-corrected chi connectivity index (χ2v) is 7.44. The summed E-state index contributed by atoms with van der Waals surface area (Å²) < 4.78 is 15.2. The molecule has 0 radical (unpaired) electrons. The van der Waals surface area contributed by atoms with E-state index in [4.69, 9.17) is 9.47 Å². The number of esters is 1. The first-order chi connectivity index (χ1) is 15.4. The zero-order chi connectivity index (χ0) is 23.1. The molecule has 0 unspecified atom stereocenters. The summed E-state index contributed by atoms with van der Waals surface area (Å²) in [6, 6.07) is 13.7. The third kappa shape index (κ3) is 5.67. The van der Waals surface area contributed by atoms with E-state index in [1.54, 1.807) is 54.6 Å². The highest BCUT2D eigenvalue weighted by molar-refractivity contribution is 8.18. The standard InChI is InChI=1S/C22H20N2O7S/c1-29-17-6-4-3-5-16(17)23-19(25)13-31-15-9-7-14(8-10-15)11-18-21(27)24(22(28)32-18)12-20(26)30-2/h3-11H,12-13H2,1-2H3,(H,23,25)/b18-11-. The molecule has 10 heteroatoms. The number of nitrogens with zero attached hydrogens (tertiary/aromatic N) is 1. The van der Waals surface area contributed by atoms with E-state index in [2.05, 4.69) is 10.1 Å². The van der Waals surface area contributed by atoms with Crippen LogP contribution in [0.15, 0.2) is 53.4 Å². The summed E-state index contributed by atoms with van der Waals surface area (Å²) in [5.41, 5.74) is 1.19. The average Bonchev–Trinajstić information content (AvgIpc) is 3.06. The van der Waals surface area contributed by atoms with Crippen LogP contribution in [-0.2, 0) is 19.1 Å². The average molecular weight is 456 g/mol. The Labute approximate surface area is 188 Å². The number of nitrogens with one attached hydrogen (secondary N) is 1. The van der Waals surface area contributed by atoms with Gasteiger partial charge in [0.05, 0.1) is 24.8 Å². The van der Waals surface area contributed by atoms with Crippen LogP contribution in [-0.4, -0.2) is 55.3 Å². The SMILES string of the molecule is COC(=O)CN1C(=O)S/C(=C\c2ccc(OCC(=O)Nc3ccccc3OC)cc2)C1=O. The monoisotopic (exact) mass is 456 g/mol. The number of imide groups is 1. The lowest BCUT2D eigenvalue weighted by Crippen LogP contribution is -2.34. The smallest absolute Gasteiger partial charge is 0.325 e. The van der Waals surface area contributed by atoms with E-state index in [9.17, 15) is 19.2 Å². The Morgan fingerprint density at radius 3 is 2.47 bits per heavy atom. The molecule has 1 saturated heterocycles. The highest BCUT2D eigenvalue weighted by Crippen LogP contribution is 2.32. The van der Waals surface area contributed by atoms with E-state index in [1.165, 1.54) is 14.2 Å². The summed E-state index contributed by atoms with van der Waals surface area (Å²) in [5, 5.41) is 2.18. The zero-order valence-corrected chi connectivity index (χ0v) is 18.1. The zero-order valence-electron chi connectivity index (χ0n) is 17.3. The van der Waals surface area contributed by atoms with Gasteiger partial charge in [0.2, 0.25) is 0 Å². The molecule has 32 heavy (non-hydrogen) atoms. The van der Waals surface area contributed by atoms with Gasteiger partial charge in [-0.05, 0) is 47.7 Å². The number of methoxy groups -OCH3 is 2. The van der Waals surface area contributed by atoms with Crippen LogP contribution in [0.4, 0.5) is 10.5 Å². The molecule has 2 aromatic rings. The topological polar surface area (TPSA) is 111 Å². The molecule has 0 bridgehead atoms. The summed E-state index contributed by atoms with van der Waals surface area (Å²) in [7, 11) is 2.70. The van der Waals surface area contributed by atoms with Crippen molar-refractivity contribution >= 4 is 46.5 Å². The maximum Gasteiger partial charge on any atom is 0.325 e. The number of para-hydroxylation sites is 2. The van der Waals surface area contributed by atoms with Gasteiger partial charge in [0.1, 0.15) is 18.0 Å². The Bertz CT molecular complexity index is 1070. The molecular weight excluding hydrogens is 436 g/mol. The number of carbonyl (C=O) groups excluding carboxylic acids is 4. The minimum Gasteiger partial charge on any atom is -0.495 e. The molecular formula is C22H20N2O7S. The van der Waals surface area contributed by atoms with Crippen molar-refractivity contribution in [1.29, 1.82) is 0 Å². The summed E-state index contributed by atoms with van der Waals surface area (Å²) in [4.78, 5) is 48.8. The molecule has 3 rings (SSSR count). The van der Waals surface area contributed by atoms with E-state index < -0.39 is 23.7 Å². The van der Waals surface area contributed by atoms with Crippen molar-refractivity contribution in [2.75, 3.05) is 32.7 Å². The van der Waals surface area contributed by atoms with Gasteiger partial charge in [-0.25, -0.2) is 0 Å². The fourth-order valence-corrected chi connectivity index (χ4v) is 3.56. The van der Waals surface area contributed by atoms with Gasteiger partial charge in [0.15, 0.2) is 6.61 Å². The Morgan fingerprint density at radius 2 is 1.78 bits per heavy atom. The van der Waals surface area contributed by atoms with E-state index in [0.717, 1.165) is 16.7 Å². The predicted molar refractivity (Wildman–Crippen MR) is 118 cm³/mol. The number of thioether (sulfide) groups is 1. The molecule has 1 N–H and O–H groups in total. The van der Waals surface area contributed by atoms with E-state index in [0.29, 0.717) is 22.7 Å². The van der Waals surface area contributed by atoms with Crippen LogP contribution < -0.4 is 14.8 Å². The number of hydrogen-bond donors (Lipinski definition) is 1. The molecule has 0 aromatic heterocycles. The summed E-state index contributed by atoms with van der Waals surface area (Å²) >= 11 is 0.748. The van der Waals surface area contributed by atoms with Gasteiger partial charge in [-0.3, -0.25) is 24.1 Å². The van der Waals surface area contributed by atoms with Gasteiger partial charge in [-0.1, -0.05) is 24.3 Å². The molecule has 1 fully saturated rings. The summed E-state index contributed by atoms with van der Waals surface area (Å²) in [5.74, 6) is -0.585.